The average molecular weight is 303 g/mol. The largest absolute Gasteiger partial charge is 0.274 e. The van der Waals surface area contributed by atoms with Crippen LogP contribution in [0.3, 0.4) is 0 Å². The molecule has 2 unspecified atom stereocenters. The van der Waals surface area contributed by atoms with E-state index in [9.17, 15) is 22.0 Å². The molecule has 0 spiro atoms. The van der Waals surface area contributed by atoms with Gasteiger partial charge in [0.05, 0.1) is 5.75 Å². The number of carbonyl (C=O) groups is 1. The topological polar surface area (TPSA) is 63.2 Å². The fraction of sp³-hybridized carbons (Fsp3) is 0.462. The zero-order valence-electron chi connectivity index (χ0n) is 10.9. The number of amides is 1. The molecule has 1 saturated carbocycles. The van der Waals surface area contributed by atoms with E-state index in [1.54, 1.807) is 6.92 Å². The lowest BCUT2D eigenvalue weighted by Crippen LogP contribution is -2.33. The van der Waals surface area contributed by atoms with E-state index in [0.29, 0.717) is 12.8 Å². The molecule has 0 aliphatic heterocycles. The summed E-state index contributed by atoms with van der Waals surface area (Å²) in [6, 6.07) is 3.06. The van der Waals surface area contributed by atoms with Crippen LogP contribution in [0.1, 0.15) is 31.2 Å². The van der Waals surface area contributed by atoms with Crippen molar-refractivity contribution >= 4 is 15.9 Å². The number of rotatable bonds is 5. The van der Waals surface area contributed by atoms with Crippen molar-refractivity contribution < 1.29 is 22.0 Å². The van der Waals surface area contributed by atoms with E-state index in [1.807, 2.05) is 4.72 Å². The predicted octanol–water partition coefficient (Wildman–Crippen LogP) is 1.92. The standard InChI is InChI=1S/C13H15F2NO3S/c1-2-5-20(18,19)16-13(17)11-7-9(11)10-6-8(14)3-4-12(10)15/h3-4,6,9,11H,2,5,7H2,1H3,(H,16,17). The Hall–Kier alpha value is -1.50. The summed E-state index contributed by atoms with van der Waals surface area (Å²) in [5.74, 6) is -3.01. The predicted molar refractivity (Wildman–Crippen MR) is 69.4 cm³/mol. The number of sulfonamides is 1. The molecule has 1 amide bonds. The summed E-state index contributed by atoms with van der Waals surface area (Å²) in [5, 5.41) is 0. The van der Waals surface area contributed by atoms with Crippen LogP contribution in [0, 0.1) is 17.6 Å². The fourth-order valence-corrected chi connectivity index (χ4v) is 3.27. The molecule has 1 aromatic carbocycles. The molecule has 0 heterocycles. The minimum Gasteiger partial charge on any atom is -0.274 e. The van der Waals surface area contributed by atoms with Crippen molar-refractivity contribution in [1.29, 1.82) is 0 Å². The molecule has 0 saturated heterocycles. The van der Waals surface area contributed by atoms with Gasteiger partial charge in [-0.15, -0.1) is 0 Å². The lowest BCUT2D eigenvalue weighted by atomic mass is 10.1. The molecule has 4 nitrogen and oxygen atoms in total. The third-order valence-electron chi connectivity index (χ3n) is 3.21. The van der Waals surface area contributed by atoms with Crippen LogP contribution in [0.4, 0.5) is 8.78 Å². The van der Waals surface area contributed by atoms with Crippen LogP contribution in [-0.2, 0) is 14.8 Å². The molecule has 2 atom stereocenters. The molecule has 7 heteroatoms. The van der Waals surface area contributed by atoms with E-state index in [0.717, 1.165) is 18.2 Å². The number of halogens is 2. The first kappa shape index (κ1) is 14.9. The van der Waals surface area contributed by atoms with Crippen LogP contribution in [-0.4, -0.2) is 20.1 Å². The Morgan fingerprint density at radius 1 is 1.40 bits per heavy atom. The van der Waals surface area contributed by atoms with Crippen LogP contribution in [0.2, 0.25) is 0 Å². The summed E-state index contributed by atoms with van der Waals surface area (Å²) in [6.45, 7) is 1.69. The van der Waals surface area contributed by atoms with Gasteiger partial charge in [-0.05, 0) is 42.5 Å². The molecular formula is C13H15F2NO3S. The van der Waals surface area contributed by atoms with Crippen LogP contribution < -0.4 is 4.72 Å². The van der Waals surface area contributed by atoms with Crippen molar-refractivity contribution in [3.8, 4) is 0 Å². The van der Waals surface area contributed by atoms with Gasteiger partial charge in [0, 0.05) is 5.92 Å². The molecule has 110 valence electrons. The zero-order chi connectivity index (χ0) is 14.9. The number of carbonyl (C=O) groups excluding carboxylic acids is 1. The van der Waals surface area contributed by atoms with Crippen molar-refractivity contribution in [2.24, 2.45) is 5.92 Å². The molecule has 1 aliphatic carbocycles. The van der Waals surface area contributed by atoms with Crippen molar-refractivity contribution in [2.75, 3.05) is 5.75 Å². The van der Waals surface area contributed by atoms with Gasteiger partial charge in [-0.2, -0.15) is 0 Å². The van der Waals surface area contributed by atoms with Crippen molar-refractivity contribution in [1.82, 2.24) is 4.72 Å². The molecule has 1 aromatic rings. The summed E-state index contributed by atoms with van der Waals surface area (Å²) in [5.41, 5.74) is 0.123. The van der Waals surface area contributed by atoms with Crippen LogP contribution >= 0.6 is 0 Å². The van der Waals surface area contributed by atoms with Crippen molar-refractivity contribution in [3.63, 3.8) is 0 Å². The highest BCUT2D eigenvalue weighted by atomic mass is 32.2. The monoisotopic (exact) mass is 303 g/mol. The highest BCUT2D eigenvalue weighted by molar-refractivity contribution is 7.90. The maximum Gasteiger partial charge on any atom is 0.237 e. The Bertz CT molecular complexity index is 631. The molecule has 2 rings (SSSR count). The van der Waals surface area contributed by atoms with Gasteiger partial charge in [-0.25, -0.2) is 17.2 Å². The SMILES string of the molecule is CCCS(=O)(=O)NC(=O)C1CC1c1cc(F)ccc1F. The van der Waals surface area contributed by atoms with Gasteiger partial charge in [0.25, 0.3) is 0 Å². The number of benzene rings is 1. The average Bonchev–Trinajstić information content (AvgIpc) is 3.11. The Balaban J connectivity index is 2.05. The van der Waals surface area contributed by atoms with Crippen molar-refractivity contribution in [2.45, 2.75) is 25.7 Å². The second-order valence-electron chi connectivity index (χ2n) is 4.90. The smallest absolute Gasteiger partial charge is 0.237 e. The number of hydrogen-bond acceptors (Lipinski definition) is 3. The van der Waals surface area contributed by atoms with Crippen LogP contribution in [0.25, 0.3) is 0 Å². The minimum absolute atomic E-state index is 0.123. The quantitative estimate of drug-likeness (QED) is 0.904. The van der Waals surface area contributed by atoms with E-state index in [1.165, 1.54) is 0 Å². The van der Waals surface area contributed by atoms with Gasteiger partial charge in [0.1, 0.15) is 11.6 Å². The normalized spacial score (nSPS) is 21.6. The highest BCUT2D eigenvalue weighted by Gasteiger charge is 2.46. The van der Waals surface area contributed by atoms with E-state index in [4.69, 9.17) is 0 Å². The van der Waals surface area contributed by atoms with E-state index < -0.39 is 39.4 Å². The highest BCUT2D eigenvalue weighted by Crippen LogP contribution is 2.48. The number of nitrogens with one attached hydrogen (secondary N) is 1. The first-order valence-corrected chi connectivity index (χ1v) is 7.98. The Kier molecular flexibility index (Phi) is 4.08. The van der Waals surface area contributed by atoms with E-state index in [-0.39, 0.29) is 11.3 Å². The van der Waals surface area contributed by atoms with E-state index in [2.05, 4.69) is 0 Å². The molecule has 0 bridgehead atoms. The molecule has 1 N–H and O–H groups in total. The first-order chi connectivity index (χ1) is 9.34. The maximum atomic E-state index is 13.5. The van der Waals surface area contributed by atoms with Gasteiger partial charge in [0.2, 0.25) is 15.9 Å². The molecule has 20 heavy (non-hydrogen) atoms. The summed E-state index contributed by atoms with van der Waals surface area (Å²) in [7, 11) is -3.63. The molecule has 1 fully saturated rings. The zero-order valence-corrected chi connectivity index (χ0v) is 11.7. The third kappa shape index (κ3) is 3.33. The lowest BCUT2D eigenvalue weighted by Gasteiger charge is -2.06. The maximum absolute atomic E-state index is 13.5. The van der Waals surface area contributed by atoms with Crippen LogP contribution in [0.5, 0.6) is 0 Å². The second kappa shape index (κ2) is 5.47. The summed E-state index contributed by atoms with van der Waals surface area (Å²) in [4.78, 5) is 11.8. The molecule has 0 aromatic heterocycles. The van der Waals surface area contributed by atoms with E-state index >= 15 is 0 Å². The van der Waals surface area contributed by atoms with Gasteiger partial charge >= 0.3 is 0 Å². The summed E-state index contributed by atoms with van der Waals surface area (Å²) < 4.78 is 51.5. The van der Waals surface area contributed by atoms with Gasteiger partial charge < -0.3 is 0 Å². The Morgan fingerprint density at radius 2 is 2.10 bits per heavy atom. The number of hydrogen-bond donors (Lipinski definition) is 1. The summed E-state index contributed by atoms with van der Waals surface area (Å²) >= 11 is 0. The fourth-order valence-electron chi connectivity index (χ4n) is 2.18. The lowest BCUT2D eigenvalue weighted by molar-refractivity contribution is -0.120. The van der Waals surface area contributed by atoms with Crippen LogP contribution in [0.15, 0.2) is 18.2 Å². The summed E-state index contributed by atoms with van der Waals surface area (Å²) in [6.07, 6.45) is 0.725. The molecule has 1 aliphatic rings. The second-order valence-corrected chi connectivity index (χ2v) is 6.74. The first-order valence-electron chi connectivity index (χ1n) is 6.33. The Morgan fingerprint density at radius 3 is 2.75 bits per heavy atom. The third-order valence-corrected chi connectivity index (χ3v) is 4.67. The van der Waals surface area contributed by atoms with Gasteiger partial charge in [-0.3, -0.25) is 9.52 Å². The van der Waals surface area contributed by atoms with Gasteiger partial charge in [0.15, 0.2) is 0 Å². The van der Waals surface area contributed by atoms with Crippen molar-refractivity contribution in [3.05, 3.63) is 35.4 Å². The molecule has 0 radical (unpaired) electrons. The van der Waals surface area contributed by atoms with Gasteiger partial charge in [-0.1, -0.05) is 6.92 Å². The molecular weight excluding hydrogens is 288 g/mol. The Labute approximate surface area is 116 Å². The minimum atomic E-state index is -3.63.